The second-order valence-electron chi connectivity index (χ2n) is 2.89. The van der Waals surface area contributed by atoms with Crippen LogP contribution < -0.4 is 5.73 Å². The van der Waals surface area contributed by atoms with E-state index < -0.39 is 0 Å². The number of rotatable bonds is 1. The second kappa shape index (κ2) is 3.31. The van der Waals surface area contributed by atoms with Gasteiger partial charge in [0.05, 0.1) is 19.8 Å². The van der Waals surface area contributed by atoms with Gasteiger partial charge in [-0.3, -0.25) is 0 Å². The van der Waals surface area contributed by atoms with Gasteiger partial charge in [-0.25, -0.2) is 4.68 Å². The lowest BCUT2D eigenvalue weighted by Gasteiger charge is -2.19. The molecule has 0 amide bonds. The Hall–Kier alpha value is -1.14. The number of nitrogens with zero attached hydrogens (tertiary/aromatic N) is 3. The van der Waals surface area contributed by atoms with Crippen molar-refractivity contribution in [2.45, 2.75) is 6.10 Å². The molecule has 2 N–H and O–H groups in total. The minimum Gasteiger partial charge on any atom is -0.376 e. The lowest BCUT2D eigenvalue weighted by Crippen LogP contribution is -2.22. The maximum Gasteiger partial charge on any atom is 0.218 e. The highest BCUT2D eigenvalue weighted by Crippen LogP contribution is 2.17. The molecule has 1 aromatic rings. The van der Waals surface area contributed by atoms with E-state index in [4.69, 9.17) is 15.2 Å². The predicted molar refractivity (Wildman–Crippen MR) is 44.9 cm³/mol. The van der Waals surface area contributed by atoms with Crippen molar-refractivity contribution in [1.29, 1.82) is 0 Å². The Morgan fingerprint density at radius 3 is 2.92 bits per heavy atom. The number of ether oxygens (including phenoxy) is 2. The predicted octanol–water partition coefficient (Wildman–Crippen LogP) is -0.515. The summed E-state index contributed by atoms with van der Waals surface area (Å²) >= 11 is 0. The molecule has 1 unspecified atom stereocenters. The lowest BCUT2D eigenvalue weighted by molar-refractivity contribution is -0.0935. The van der Waals surface area contributed by atoms with Crippen molar-refractivity contribution >= 4 is 5.95 Å². The standard InChI is InChI=1S/C7H12N4O2/c1-11-7(8)9-6(10-11)5-4-12-2-3-13-5/h5H,2-4H2,1H3,(H2,8,9,10). The summed E-state index contributed by atoms with van der Waals surface area (Å²) in [5.74, 6) is 0.990. The molecule has 1 aromatic heterocycles. The van der Waals surface area contributed by atoms with E-state index in [9.17, 15) is 0 Å². The zero-order chi connectivity index (χ0) is 9.26. The van der Waals surface area contributed by atoms with Crippen molar-refractivity contribution in [2.24, 2.45) is 7.05 Å². The molecular formula is C7H12N4O2. The average Bonchev–Trinajstić information content (AvgIpc) is 2.49. The molecule has 0 aromatic carbocycles. The van der Waals surface area contributed by atoms with Crippen LogP contribution in [0.4, 0.5) is 5.95 Å². The van der Waals surface area contributed by atoms with Crippen molar-refractivity contribution in [2.75, 3.05) is 25.6 Å². The van der Waals surface area contributed by atoms with Crippen LogP contribution in [0.3, 0.4) is 0 Å². The molecule has 6 nitrogen and oxygen atoms in total. The van der Waals surface area contributed by atoms with Gasteiger partial charge in [-0.15, -0.1) is 0 Å². The fourth-order valence-electron chi connectivity index (χ4n) is 1.19. The number of aryl methyl sites for hydroxylation is 1. The fourth-order valence-corrected chi connectivity index (χ4v) is 1.19. The molecule has 1 fully saturated rings. The van der Waals surface area contributed by atoms with Gasteiger partial charge in [0.25, 0.3) is 0 Å². The topological polar surface area (TPSA) is 75.2 Å². The second-order valence-corrected chi connectivity index (χ2v) is 2.89. The SMILES string of the molecule is Cn1nc(C2COCCO2)nc1N. The first-order chi connectivity index (χ1) is 6.27. The van der Waals surface area contributed by atoms with Gasteiger partial charge < -0.3 is 15.2 Å². The van der Waals surface area contributed by atoms with E-state index in [1.165, 1.54) is 4.68 Å². The van der Waals surface area contributed by atoms with Gasteiger partial charge in [0.15, 0.2) is 5.82 Å². The van der Waals surface area contributed by atoms with Crippen molar-refractivity contribution < 1.29 is 9.47 Å². The summed E-state index contributed by atoms with van der Waals surface area (Å²) in [7, 11) is 1.75. The molecule has 0 radical (unpaired) electrons. The van der Waals surface area contributed by atoms with E-state index in [1.807, 2.05) is 0 Å². The third-order valence-corrected chi connectivity index (χ3v) is 1.92. The quantitative estimate of drug-likeness (QED) is 0.636. The van der Waals surface area contributed by atoms with Crippen LogP contribution in [0.25, 0.3) is 0 Å². The lowest BCUT2D eigenvalue weighted by atomic mass is 10.3. The zero-order valence-corrected chi connectivity index (χ0v) is 7.43. The van der Waals surface area contributed by atoms with Crippen LogP contribution in [-0.2, 0) is 16.5 Å². The molecule has 1 aliphatic rings. The van der Waals surface area contributed by atoms with Crippen LogP contribution in [0.15, 0.2) is 0 Å². The minimum atomic E-state index is -0.169. The van der Waals surface area contributed by atoms with Crippen molar-refractivity contribution in [3.63, 3.8) is 0 Å². The van der Waals surface area contributed by atoms with Crippen molar-refractivity contribution in [1.82, 2.24) is 14.8 Å². The molecule has 0 spiro atoms. The van der Waals surface area contributed by atoms with E-state index in [0.717, 1.165) is 0 Å². The summed E-state index contributed by atoms with van der Waals surface area (Å²) in [6, 6.07) is 0. The van der Waals surface area contributed by atoms with Gasteiger partial charge in [0.1, 0.15) is 6.10 Å². The van der Waals surface area contributed by atoms with E-state index in [1.54, 1.807) is 7.05 Å². The smallest absolute Gasteiger partial charge is 0.218 e. The Balaban J connectivity index is 2.14. The number of hydrogen-bond acceptors (Lipinski definition) is 5. The van der Waals surface area contributed by atoms with Crippen LogP contribution in [0, 0.1) is 0 Å². The third-order valence-electron chi connectivity index (χ3n) is 1.92. The Morgan fingerprint density at radius 1 is 1.54 bits per heavy atom. The molecule has 1 aliphatic heterocycles. The monoisotopic (exact) mass is 184 g/mol. The maximum atomic E-state index is 5.54. The average molecular weight is 184 g/mol. The highest BCUT2D eigenvalue weighted by molar-refractivity contribution is 5.16. The van der Waals surface area contributed by atoms with Crippen LogP contribution in [0.2, 0.25) is 0 Å². The van der Waals surface area contributed by atoms with Crippen molar-refractivity contribution in [3.05, 3.63) is 5.82 Å². The Morgan fingerprint density at radius 2 is 2.38 bits per heavy atom. The minimum absolute atomic E-state index is 0.169. The van der Waals surface area contributed by atoms with Gasteiger partial charge in [-0.2, -0.15) is 10.1 Å². The third kappa shape index (κ3) is 1.63. The molecule has 1 saturated heterocycles. The van der Waals surface area contributed by atoms with Gasteiger partial charge in [-0.1, -0.05) is 0 Å². The summed E-state index contributed by atoms with van der Waals surface area (Å²) in [5, 5.41) is 4.11. The normalized spacial score (nSPS) is 23.3. The Kier molecular flexibility index (Phi) is 2.15. The number of anilines is 1. The summed E-state index contributed by atoms with van der Waals surface area (Å²) in [4.78, 5) is 4.06. The van der Waals surface area contributed by atoms with Gasteiger partial charge >= 0.3 is 0 Å². The first-order valence-electron chi connectivity index (χ1n) is 4.13. The molecule has 0 bridgehead atoms. The maximum absolute atomic E-state index is 5.54. The van der Waals surface area contributed by atoms with E-state index in [0.29, 0.717) is 31.6 Å². The molecule has 13 heavy (non-hydrogen) atoms. The summed E-state index contributed by atoms with van der Waals surface area (Å²) < 4.78 is 12.2. The van der Waals surface area contributed by atoms with Crippen LogP contribution in [0.1, 0.15) is 11.9 Å². The molecule has 2 heterocycles. The number of nitrogen functional groups attached to an aromatic ring is 1. The van der Waals surface area contributed by atoms with Crippen LogP contribution >= 0.6 is 0 Å². The number of aromatic nitrogens is 3. The van der Waals surface area contributed by atoms with Crippen LogP contribution in [-0.4, -0.2) is 34.6 Å². The Bertz CT molecular complexity index is 273. The molecule has 2 rings (SSSR count). The molecule has 72 valence electrons. The highest BCUT2D eigenvalue weighted by atomic mass is 16.6. The largest absolute Gasteiger partial charge is 0.376 e. The van der Waals surface area contributed by atoms with Gasteiger partial charge in [0, 0.05) is 7.05 Å². The van der Waals surface area contributed by atoms with Gasteiger partial charge in [-0.05, 0) is 0 Å². The summed E-state index contributed by atoms with van der Waals surface area (Å²) in [6.45, 7) is 1.73. The molecular weight excluding hydrogens is 172 g/mol. The fraction of sp³-hybridized carbons (Fsp3) is 0.714. The van der Waals surface area contributed by atoms with E-state index >= 15 is 0 Å². The summed E-state index contributed by atoms with van der Waals surface area (Å²) in [5.41, 5.74) is 5.54. The zero-order valence-electron chi connectivity index (χ0n) is 7.43. The first kappa shape index (κ1) is 8.46. The van der Waals surface area contributed by atoms with E-state index in [-0.39, 0.29) is 6.10 Å². The van der Waals surface area contributed by atoms with Gasteiger partial charge in [0.2, 0.25) is 5.95 Å². The highest BCUT2D eigenvalue weighted by Gasteiger charge is 2.21. The Labute approximate surface area is 75.6 Å². The molecule has 0 saturated carbocycles. The molecule has 6 heteroatoms. The molecule has 0 aliphatic carbocycles. The molecule has 1 atom stereocenters. The first-order valence-corrected chi connectivity index (χ1v) is 4.13. The van der Waals surface area contributed by atoms with Crippen molar-refractivity contribution in [3.8, 4) is 0 Å². The number of nitrogens with two attached hydrogens (primary N) is 1. The summed E-state index contributed by atoms with van der Waals surface area (Å²) in [6.07, 6.45) is -0.169. The number of hydrogen-bond donors (Lipinski definition) is 1. The van der Waals surface area contributed by atoms with E-state index in [2.05, 4.69) is 10.1 Å². The van der Waals surface area contributed by atoms with Crippen LogP contribution in [0.5, 0.6) is 0 Å².